The van der Waals surface area contributed by atoms with E-state index in [2.05, 4.69) is 65.8 Å². The Hall–Kier alpha value is -1.66. The largest absolute Gasteiger partial charge is 0.462 e. The van der Waals surface area contributed by atoms with Crippen molar-refractivity contribution in [2.75, 3.05) is 6.61 Å². The highest BCUT2D eigenvalue weighted by Gasteiger charge is 2.48. The van der Waals surface area contributed by atoms with Crippen molar-refractivity contribution in [2.24, 2.45) is 0 Å². The minimum absolute atomic E-state index is 0.0807. The maximum atomic E-state index is 12.8. The molecule has 0 saturated carbocycles. The van der Waals surface area contributed by atoms with Crippen LogP contribution in [0.5, 0.6) is 0 Å². The van der Waals surface area contributed by atoms with Crippen molar-refractivity contribution in [3.8, 4) is 0 Å². The van der Waals surface area contributed by atoms with Gasteiger partial charge in [-0.1, -0.05) is 141 Å². The molecule has 6 nitrogen and oxygen atoms in total. The second-order valence-corrected chi connectivity index (χ2v) is 18.6. The van der Waals surface area contributed by atoms with Gasteiger partial charge in [-0.2, -0.15) is 5.06 Å². The summed E-state index contributed by atoms with van der Waals surface area (Å²) in [6, 6.07) is 0. The first-order valence-electron chi connectivity index (χ1n) is 23.5. The van der Waals surface area contributed by atoms with Crippen LogP contribution in [0.15, 0.2) is 24.3 Å². The van der Waals surface area contributed by atoms with Crippen LogP contribution in [0.1, 0.15) is 248 Å². The van der Waals surface area contributed by atoms with Crippen molar-refractivity contribution >= 4 is 11.9 Å². The van der Waals surface area contributed by atoms with E-state index < -0.39 is 5.60 Å². The van der Waals surface area contributed by atoms with Crippen molar-refractivity contribution < 1.29 is 23.9 Å². The van der Waals surface area contributed by atoms with E-state index in [1.54, 1.807) is 0 Å². The summed E-state index contributed by atoms with van der Waals surface area (Å²) >= 11 is 0. The maximum absolute atomic E-state index is 12.8. The number of allylic oxidation sites excluding steroid dienone is 4. The van der Waals surface area contributed by atoms with E-state index in [0.717, 1.165) is 32.1 Å². The molecule has 0 bridgehead atoms. The summed E-state index contributed by atoms with van der Waals surface area (Å²) < 4.78 is 11.9. The first-order valence-corrected chi connectivity index (χ1v) is 23.5. The first kappa shape index (κ1) is 51.4. The van der Waals surface area contributed by atoms with E-state index in [0.29, 0.717) is 25.7 Å². The van der Waals surface area contributed by atoms with Crippen LogP contribution in [0, 0.1) is 0 Å². The summed E-state index contributed by atoms with van der Waals surface area (Å²) in [5, 5.41) is 2.05. The Labute approximate surface area is 341 Å². The van der Waals surface area contributed by atoms with Crippen LogP contribution in [-0.2, 0) is 23.9 Å². The zero-order valence-electron chi connectivity index (χ0n) is 37.8. The Bertz CT molecular complexity index is 997. The molecule has 1 aliphatic heterocycles. The van der Waals surface area contributed by atoms with Crippen LogP contribution in [0.25, 0.3) is 0 Å². The number of nitrogens with zero attached hydrogens (tertiary/aromatic N) is 1. The maximum Gasteiger partial charge on any atom is 0.306 e. The molecule has 0 atom stereocenters. The Kier molecular flexibility index (Phi) is 29.3. The zero-order valence-corrected chi connectivity index (χ0v) is 37.8. The van der Waals surface area contributed by atoms with E-state index >= 15 is 0 Å². The molecule has 0 radical (unpaired) electrons. The van der Waals surface area contributed by atoms with Gasteiger partial charge in [0.25, 0.3) is 0 Å². The fourth-order valence-corrected chi connectivity index (χ4v) is 8.14. The van der Waals surface area contributed by atoms with Crippen molar-refractivity contribution in [3.63, 3.8) is 0 Å². The zero-order chi connectivity index (χ0) is 40.7. The molecule has 322 valence electrons. The minimum atomic E-state index is -0.738. The van der Waals surface area contributed by atoms with Gasteiger partial charge in [0.15, 0.2) is 0 Å². The SMILES string of the molecule is CCCCCCCCC=CCCCCCCCC(=O)OC1CC(C)(C)N(OCC(C)(C)OC(=O)CCCCCCCC=CCCCCCCCC)C(C)(C)C1. The van der Waals surface area contributed by atoms with Crippen LogP contribution in [0.4, 0.5) is 0 Å². The lowest BCUT2D eigenvalue weighted by Crippen LogP contribution is -2.62. The number of unbranched alkanes of at least 4 members (excludes halogenated alkanes) is 22. The van der Waals surface area contributed by atoms with E-state index in [4.69, 9.17) is 14.3 Å². The second-order valence-electron chi connectivity index (χ2n) is 18.6. The minimum Gasteiger partial charge on any atom is -0.462 e. The number of hydroxylamine groups is 2. The highest BCUT2D eigenvalue weighted by Crippen LogP contribution is 2.40. The van der Waals surface area contributed by atoms with Crippen LogP contribution in [0.2, 0.25) is 0 Å². The monoisotopic (exact) mass is 774 g/mol. The van der Waals surface area contributed by atoms with Gasteiger partial charge in [0, 0.05) is 36.8 Å². The molecule has 0 aromatic carbocycles. The number of ether oxygens (including phenoxy) is 2. The Morgan fingerprint density at radius 1 is 0.545 bits per heavy atom. The van der Waals surface area contributed by atoms with Crippen molar-refractivity contribution in [3.05, 3.63) is 24.3 Å². The number of carbonyl (C=O) groups is 2. The third kappa shape index (κ3) is 27.6. The molecule has 6 heteroatoms. The van der Waals surface area contributed by atoms with Crippen LogP contribution < -0.4 is 0 Å². The van der Waals surface area contributed by atoms with E-state index in [1.807, 2.05) is 18.9 Å². The number of rotatable bonds is 35. The quantitative estimate of drug-likeness (QED) is 0.0363. The van der Waals surface area contributed by atoms with E-state index in [1.165, 1.54) is 135 Å². The molecule has 1 saturated heterocycles. The van der Waals surface area contributed by atoms with Gasteiger partial charge < -0.3 is 9.47 Å². The number of hydrogen-bond donors (Lipinski definition) is 0. The molecule has 55 heavy (non-hydrogen) atoms. The van der Waals surface area contributed by atoms with Gasteiger partial charge in [0.05, 0.1) is 0 Å². The summed E-state index contributed by atoms with van der Waals surface area (Å²) in [5.74, 6) is -0.232. The molecule has 0 aliphatic carbocycles. The predicted octanol–water partition coefficient (Wildman–Crippen LogP) is 14.9. The highest BCUT2D eigenvalue weighted by molar-refractivity contribution is 5.70. The molecule has 1 rings (SSSR count). The first-order chi connectivity index (χ1) is 26.3. The third-order valence-corrected chi connectivity index (χ3v) is 11.1. The predicted molar refractivity (Wildman–Crippen MR) is 234 cm³/mol. The molecule has 1 fully saturated rings. The van der Waals surface area contributed by atoms with Gasteiger partial charge in [-0.3, -0.25) is 14.4 Å². The number of carbonyl (C=O) groups excluding carboxylic acids is 2. The third-order valence-electron chi connectivity index (χ3n) is 11.1. The molecule has 0 aromatic rings. The summed E-state index contributed by atoms with van der Waals surface area (Å²) in [5.41, 5.74) is -1.43. The standard InChI is InChI=1S/C49H91NO5/c1-9-11-13-15-17-19-21-23-25-27-29-31-33-35-37-39-45(51)54-44-41-47(3,4)50(48(5,6)42-44)53-43-49(7,8)55-46(52)40-38-36-34-32-30-28-26-24-22-20-18-16-14-12-10-2/h23-26,44H,9-22,27-43H2,1-8H3. The summed E-state index contributed by atoms with van der Waals surface area (Å²) in [6.45, 7) is 17.2. The van der Waals surface area contributed by atoms with Crippen LogP contribution in [-0.4, -0.2) is 46.4 Å². The molecular weight excluding hydrogens is 683 g/mol. The Balaban J connectivity index is 2.21. The fraction of sp³-hybridized carbons (Fsp3) is 0.878. The summed E-state index contributed by atoms with van der Waals surface area (Å²) in [4.78, 5) is 32.0. The van der Waals surface area contributed by atoms with E-state index in [9.17, 15) is 9.59 Å². The highest BCUT2D eigenvalue weighted by atomic mass is 16.7. The van der Waals surface area contributed by atoms with Gasteiger partial charge >= 0.3 is 11.9 Å². The van der Waals surface area contributed by atoms with Gasteiger partial charge in [-0.15, -0.1) is 0 Å². The average Bonchev–Trinajstić information content (AvgIpc) is 3.10. The molecule has 1 heterocycles. The smallest absolute Gasteiger partial charge is 0.306 e. The second kappa shape index (κ2) is 31.3. The van der Waals surface area contributed by atoms with Crippen LogP contribution >= 0.6 is 0 Å². The fourth-order valence-electron chi connectivity index (χ4n) is 8.14. The topological polar surface area (TPSA) is 65.1 Å². The van der Waals surface area contributed by atoms with Crippen molar-refractivity contribution in [1.82, 2.24) is 5.06 Å². The Morgan fingerprint density at radius 2 is 0.891 bits per heavy atom. The molecule has 1 aliphatic rings. The van der Waals surface area contributed by atoms with Crippen molar-refractivity contribution in [2.45, 2.75) is 271 Å². The molecule has 0 spiro atoms. The summed E-state index contributed by atoms with van der Waals surface area (Å²) in [6.07, 6.45) is 43.9. The summed E-state index contributed by atoms with van der Waals surface area (Å²) in [7, 11) is 0. The lowest BCUT2D eigenvalue weighted by atomic mass is 9.80. The van der Waals surface area contributed by atoms with Gasteiger partial charge in [-0.25, -0.2) is 0 Å². The van der Waals surface area contributed by atoms with Crippen molar-refractivity contribution in [1.29, 1.82) is 0 Å². The van der Waals surface area contributed by atoms with Crippen LogP contribution in [0.3, 0.4) is 0 Å². The van der Waals surface area contributed by atoms with Gasteiger partial charge in [-0.05, 0) is 106 Å². The Morgan fingerprint density at radius 3 is 1.29 bits per heavy atom. The number of piperidine rings is 1. The number of hydrogen-bond acceptors (Lipinski definition) is 6. The molecule has 0 aromatic heterocycles. The van der Waals surface area contributed by atoms with Gasteiger partial charge in [0.1, 0.15) is 18.3 Å². The molecule has 0 N–H and O–H groups in total. The molecule has 0 unspecified atom stereocenters. The molecule has 0 amide bonds. The lowest BCUT2D eigenvalue weighted by Gasteiger charge is -2.53. The lowest BCUT2D eigenvalue weighted by molar-refractivity contribution is -0.307. The van der Waals surface area contributed by atoms with E-state index in [-0.39, 0.29) is 35.7 Å². The molecular formula is C49H91NO5. The number of esters is 2. The normalized spacial score (nSPS) is 16.4. The van der Waals surface area contributed by atoms with Gasteiger partial charge in [0.2, 0.25) is 0 Å². The average molecular weight is 774 g/mol.